The number of ether oxygens (including phenoxy) is 1. The molecule has 32 heavy (non-hydrogen) atoms. The van der Waals surface area contributed by atoms with Crippen LogP contribution >= 0.6 is 0 Å². The summed E-state index contributed by atoms with van der Waals surface area (Å²) in [6, 6.07) is 11.4. The van der Waals surface area contributed by atoms with E-state index in [0.717, 1.165) is 12.0 Å². The van der Waals surface area contributed by atoms with Crippen molar-refractivity contribution in [1.29, 1.82) is 0 Å². The molecule has 0 bridgehead atoms. The second-order valence-corrected chi connectivity index (χ2v) is 9.07. The fourth-order valence-corrected chi connectivity index (χ4v) is 4.71. The topological polar surface area (TPSA) is 105 Å². The van der Waals surface area contributed by atoms with Gasteiger partial charge in [-0.2, -0.15) is 4.31 Å². The predicted octanol–water partition coefficient (Wildman–Crippen LogP) is 3.39. The minimum atomic E-state index is -3.71. The lowest BCUT2D eigenvalue weighted by Crippen LogP contribution is -2.31. The zero-order chi connectivity index (χ0) is 23.7. The van der Waals surface area contributed by atoms with Crippen LogP contribution in [0.4, 0.5) is 5.69 Å². The second-order valence-electron chi connectivity index (χ2n) is 7.13. The van der Waals surface area contributed by atoms with E-state index in [4.69, 9.17) is 4.74 Å². The van der Waals surface area contributed by atoms with Gasteiger partial charge in [0.25, 0.3) is 5.91 Å². The maximum atomic E-state index is 12.9. The molecule has 2 N–H and O–H groups in total. The van der Waals surface area contributed by atoms with E-state index in [9.17, 15) is 18.0 Å². The number of carbonyl (C=O) groups excluding carboxylic acids is 2. The zero-order valence-corrected chi connectivity index (χ0v) is 19.8. The van der Waals surface area contributed by atoms with Gasteiger partial charge in [0.15, 0.2) is 0 Å². The van der Waals surface area contributed by atoms with Gasteiger partial charge in [0.2, 0.25) is 15.9 Å². The van der Waals surface area contributed by atoms with Crippen LogP contribution in [-0.2, 0) is 21.4 Å². The molecule has 0 saturated carbocycles. The van der Waals surface area contributed by atoms with Gasteiger partial charge in [-0.3, -0.25) is 9.59 Å². The maximum Gasteiger partial charge on any atom is 0.255 e. The highest BCUT2D eigenvalue weighted by Gasteiger charge is 2.24. The normalized spacial score (nSPS) is 11.3. The Balaban J connectivity index is 2.20. The van der Waals surface area contributed by atoms with Crippen molar-refractivity contribution in [3.8, 4) is 5.75 Å². The van der Waals surface area contributed by atoms with Crippen molar-refractivity contribution in [3.05, 3.63) is 53.6 Å². The molecular weight excluding hydrogens is 430 g/mol. The third-order valence-corrected chi connectivity index (χ3v) is 6.95. The molecule has 0 aromatic heterocycles. The minimum Gasteiger partial charge on any atom is -0.496 e. The summed E-state index contributed by atoms with van der Waals surface area (Å²) in [5.74, 6) is -0.245. The number of nitrogens with zero attached hydrogens (tertiary/aromatic N) is 1. The summed E-state index contributed by atoms with van der Waals surface area (Å²) in [4.78, 5) is 24.7. The van der Waals surface area contributed by atoms with Gasteiger partial charge in [-0.15, -0.1) is 0 Å². The molecule has 2 rings (SSSR count). The third kappa shape index (κ3) is 6.30. The molecule has 2 aromatic carbocycles. The van der Waals surface area contributed by atoms with Crippen LogP contribution in [0, 0.1) is 0 Å². The van der Waals surface area contributed by atoms with E-state index in [1.54, 1.807) is 32.0 Å². The number of rotatable bonds is 11. The van der Waals surface area contributed by atoms with Gasteiger partial charge in [0.1, 0.15) is 5.75 Å². The molecule has 0 aliphatic carbocycles. The summed E-state index contributed by atoms with van der Waals surface area (Å²) in [6.07, 6.45) is 1.19. The van der Waals surface area contributed by atoms with E-state index in [0.29, 0.717) is 25.2 Å². The molecule has 0 spiro atoms. The molecule has 8 nitrogen and oxygen atoms in total. The molecule has 0 atom stereocenters. The SMILES string of the molecule is CCCC(=O)Nc1cccc(CNC(=O)c2cc(S(=O)(=O)N(CC)CC)ccc2OC)c1. The van der Waals surface area contributed by atoms with Gasteiger partial charge >= 0.3 is 0 Å². The molecule has 9 heteroatoms. The summed E-state index contributed by atoms with van der Waals surface area (Å²) >= 11 is 0. The van der Waals surface area contributed by atoms with E-state index in [-0.39, 0.29) is 28.7 Å². The number of nitrogens with one attached hydrogen (secondary N) is 2. The minimum absolute atomic E-state index is 0.0350. The average Bonchev–Trinajstić information content (AvgIpc) is 2.78. The maximum absolute atomic E-state index is 12.9. The number of methoxy groups -OCH3 is 1. The van der Waals surface area contributed by atoms with E-state index >= 15 is 0 Å². The first-order chi connectivity index (χ1) is 15.3. The summed E-state index contributed by atoms with van der Waals surface area (Å²) in [5.41, 5.74) is 1.58. The second kappa shape index (κ2) is 11.6. The zero-order valence-electron chi connectivity index (χ0n) is 19.0. The van der Waals surface area contributed by atoms with Crippen LogP contribution in [0.15, 0.2) is 47.4 Å². The third-order valence-electron chi connectivity index (χ3n) is 4.90. The van der Waals surface area contributed by atoms with Crippen LogP contribution in [0.5, 0.6) is 5.75 Å². The fraction of sp³-hybridized carbons (Fsp3) is 0.391. The largest absolute Gasteiger partial charge is 0.496 e. The van der Waals surface area contributed by atoms with Gasteiger partial charge in [0.05, 0.1) is 17.6 Å². The fourth-order valence-electron chi connectivity index (χ4n) is 3.22. The average molecular weight is 462 g/mol. The van der Waals surface area contributed by atoms with Gasteiger partial charge < -0.3 is 15.4 Å². The smallest absolute Gasteiger partial charge is 0.255 e. The van der Waals surface area contributed by atoms with Crippen molar-refractivity contribution in [3.63, 3.8) is 0 Å². The Kier molecular flexibility index (Phi) is 9.22. The number of anilines is 1. The van der Waals surface area contributed by atoms with E-state index < -0.39 is 15.9 Å². The molecule has 0 fully saturated rings. The Hall–Kier alpha value is -2.91. The van der Waals surface area contributed by atoms with Crippen LogP contribution < -0.4 is 15.4 Å². The van der Waals surface area contributed by atoms with Gasteiger partial charge in [-0.05, 0) is 42.3 Å². The summed E-state index contributed by atoms with van der Waals surface area (Å²) < 4.78 is 32.3. The molecule has 0 saturated heterocycles. The van der Waals surface area contributed by atoms with Crippen LogP contribution in [0.3, 0.4) is 0 Å². The van der Waals surface area contributed by atoms with Crippen molar-refractivity contribution in [2.45, 2.75) is 45.1 Å². The summed E-state index contributed by atoms with van der Waals surface area (Å²) in [7, 11) is -2.29. The number of benzene rings is 2. The van der Waals surface area contributed by atoms with E-state index in [1.807, 2.05) is 13.0 Å². The number of amides is 2. The Morgan fingerprint density at radius 3 is 2.38 bits per heavy atom. The highest BCUT2D eigenvalue weighted by atomic mass is 32.2. The molecule has 2 aromatic rings. The quantitative estimate of drug-likeness (QED) is 0.534. The Morgan fingerprint density at radius 2 is 1.75 bits per heavy atom. The lowest BCUT2D eigenvalue weighted by Gasteiger charge is -2.19. The molecule has 2 amide bonds. The molecular formula is C23H31N3O5S. The Labute approximate surface area is 190 Å². The lowest BCUT2D eigenvalue weighted by atomic mass is 10.1. The van der Waals surface area contributed by atoms with Crippen molar-refractivity contribution < 1.29 is 22.7 Å². The first-order valence-corrected chi connectivity index (χ1v) is 12.1. The van der Waals surface area contributed by atoms with Gasteiger partial charge in [-0.25, -0.2) is 8.42 Å². The Morgan fingerprint density at radius 1 is 1.03 bits per heavy atom. The predicted molar refractivity (Wildman–Crippen MR) is 124 cm³/mol. The lowest BCUT2D eigenvalue weighted by molar-refractivity contribution is -0.116. The molecule has 0 unspecified atom stereocenters. The van der Waals surface area contributed by atoms with Crippen LogP contribution in [0.1, 0.15) is 49.5 Å². The number of hydrogen-bond acceptors (Lipinski definition) is 5. The molecule has 174 valence electrons. The van der Waals surface area contributed by atoms with Crippen molar-refractivity contribution in [2.24, 2.45) is 0 Å². The number of sulfonamides is 1. The van der Waals surface area contributed by atoms with Crippen LogP contribution in [0.2, 0.25) is 0 Å². The summed E-state index contributed by atoms with van der Waals surface area (Å²) in [6.45, 7) is 6.32. The van der Waals surface area contributed by atoms with Crippen LogP contribution in [0.25, 0.3) is 0 Å². The van der Waals surface area contributed by atoms with Crippen molar-refractivity contribution in [1.82, 2.24) is 9.62 Å². The van der Waals surface area contributed by atoms with Gasteiger partial charge in [0, 0.05) is 31.7 Å². The van der Waals surface area contributed by atoms with Crippen molar-refractivity contribution >= 4 is 27.5 Å². The van der Waals surface area contributed by atoms with E-state index in [2.05, 4.69) is 10.6 Å². The number of hydrogen-bond donors (Lipinski definition) is 2. The monoisotopic (exact) mass is 461 g/mol. The standard InChI is InChI=1S/C23H31N3O5S/c1-5-9-22(27)25-18-11-8-10-17(14-18)16-24-23(28)20-15-19(12-13-21(20)31-4)32(29,30)26(6-2)7-3/h8,10-15H,5-7,9,16H2,1-4H3,(H,24,28)(H,25,27). The van der Waals surface area contributed by atoms with Crippen LogP contribution in [-0.4, -0.2) is 44.7 Å². The van der Waals surface area contributed by atoms with E-state index in [1.165, 1.54) is 29.6 Å². The van der Waals surface area contributed by atoms with Crippen molar-refractivity contribution in [2.75, 3.05) is 25.5 Å². The molecule has 0 aliphatic rings. The molecule has 0 heterocycles. The highest BCUT2D eigenvalue weighted by Crippen LogP contribution is 2.25. The highest BCUT2D eigenvalue weighted by molar-refractivity contribution is 7.89. The number of carbonyl (C=O) groups is 2. The molecule has 0 radical (unpaired) electrons. The van der Waals surface area contributed by atoms with Gasteiger partial charge in [-0.1, -0.05) is 32.9 Å². The summed E-state index contributed by atoms with van der Waals surface area (Å²) in [5, 5.41) is 5.61. The first kappa shape index (κ1) is 25.4. The first-order valence-electron chi connectivity index (χ1n) is 10.6. The Bertz CT molecular complexity index is 1050. The molecule has 0 aliphatic heterocycles.